The zero-order valence-electron chi connectivity index (χ0n) is 10.8. The Bertz CT molecular complexity index is 696. The van der Waals surface area contributed by atoms with Gasteiger partial charge in [-0.2, -0.15) is 0 Å². The molecule has 4 nitrogen and oxygen atoms in total. The predicted octanol–water partition coefficient (Wildman–Crippen LogP) is 3.10. The van der Waals surface area contributed by atoms with Crippen molar-refractivity contribution in [1.29, 1.82) is 0 Å². The molecule has 2 aromatic carbocycles. The lowest BCUT2D eigenvalue weighted by Gasteiger charge is -2.10. The Labute approximate surface area is 117 Å². The molecular weight excluding hydrogens is 248 g/mol. The molecule has 3 aromatic rings. The van der Waals surface area contributed by atoms with Crippen LogP contribution in [0.15, 0.2) is 66.9 Å². The number of nitrogens with zero attached hydrogens (tertiary/aromatic N) is 2. The molecular formula is C16H14N4. The van der Waals surface area contributed by atoms with E-state index in [1.807, 2.05) is 60.7 Å². The molecule has 98 valence electrons. The third kappa shape index (κ3) is 2.37. The maximum absolute atomic E-state index is 5.41. The minimum atomic E-state index is 0.406. The van der Waals surface area contributed by atoms with Crippen molar-refractivity contribution >= 4 is 5.95 Å². The molecule has 1 aromatic heterocycles. The molecule has 0 unspecified atom stereocenters. The van der Waals surface area contributed by atoms with E-state index in [0.717, 1.165) is 22.4 Å². The van der Waals surface area contributed by atoms with E-state index >= 15 is 0 Å². The Balaban J connectivity index is 2.20. The zero-order chi connectivity index (χ0) is 13.8. The van der Waals surface area contributed by atoms with E-state index in [-0.39, 0.29) is 0 Å². The second-order valence-electron chi connectivity index (χ2n) is 4.33. The first kappa shape index (κ1) is 12.3. The van der Waals surface area contributed by atoms with Gasteiger partial charge >= 0.3 is 0 Å². The van der Waals surface area contributed by atoms with E-state index in [4.69, 9.17) is 5.84 Å². The van der Waals surface area contributed by atoms with Crippen molar-refractivity contribution < 1.29 is 0 Å². The van der Waals surface area contributed by atoms with Crippen LogP contribution < -0.4 is 11.3 Å². The van der Waals surface area contributed by atoms with Crippen LogP contribution in [0.5, 0.6) is 0 Å². The molecule has 0 saturated carbocycles. The van der Waals surface area contributed by atoms with Gasteiger partial charge in [0.25, 0.3) is 0 Å². The SMILES string of the molecule is NNc1ncc(-c2ccccc2)c(-c2ccccc2)n1. The van der Waals surface area contributed by atoms with Gasteiger partial charge in [-0.05, 0) is 5.56 Å². The van der Waals surface area contributed by atoms with Crippen LogP contribution in [0.2, 0.25) is 0 Å². The number of hydrogen-bond acceptors (Lipinski definition) is 4. The molecule has 1 heterocycles. The number of nitrogens with two attached hydrogens (primary N) is 1. The van der Waals surface area contributed by atoms with Crippen LogP contribution >= 0.6 is 0 Å². The molecule has 0 amide bonds. The number of aromatic nitrogens is 2. The van der Waals surface area contributed by atoms with Crippen molar-refractivity contribution in [2.75, 3.05) is 5.43 Å². The maximum atomic E-state index is 5.41. The first-order valence-corrected chi connectivity index (χ1v) is 6.33. The van der Waals surface area contributed by atoms with Gasteiger partial charge in [0.1, 0.15) is 0 Å². The summed E-state index contributed by atoms with van der Waals surface area (Å²) in [4.78, 5) is 8.70. The number of nitrogens with one attached hydrogen (secondary N) is 1. The maximum Gasteiger partial charge on any atom is 0.237 e. The Hall–Kier alpha value is -2.72. The Morgan fingerprint density at radius 1 is 0.800 bits per heavy atom. The molecule has 20 heavy (non-hydrogen) atoms. The highest BCUT2D eigenvalue weighted by Gasteiger charge is 2.10. The molecule has 4 heteroatoms. The summed E-state index contributed by atoms with van der Waals surface area (Å²) in [6, 6.07) is 20.1. The van der Waals surface area contributed by atoms with Crippen molar-refractivity contribution in [2.45, 2.75) is 0 Å². The number of nitrogen functional groups attached to an aromatic ring is 1. The average Bonchev–Trinajstić information content (AvgIpc) is 2.56. The molecule has 0 aliphatic heterocycles. The van der Waals surface area contributed by atoms with Gasteiger partial charge in [0.15, 0.2) is 0 Å². The molecule has 0 aliphatic carbocycles. The number of rotatable bonds is 3. The fourth-order valence-corrected chi connectivity index (χ4v) is 2.10. The molecule has 0 fully saturated rings. The van der Waals surface area contributed by atoms with Gasteiger partial charge in [-0.3, -0.25) is 5.43 Å². The smallest absolute Gasteiger partial charge is 0.237 e. The Morgan fingerprint density at radius 3 is 2.00 bits per heavy atom. The predicted molar refractivity (Wildman–Crippen MR) is 80.7 cm³/mol. The second-order valence-corrected chi connectivity index (χ2v) is 4.33. The number of hydrazine groups is 1. The first-order chi connectivity index (χ1) is 9.88. The third-order valence-corrected chi connectivity index (χ3v) is 3.05. The average molecular weight is 262 g/mol. The van der Waals surface area contributed by atoms with Crippen LogP contribution in [-0.2, 0) is 0 Å². The van der Waals surface area contributed by atoms with Gasteiger partial charge in [0.05, 0.1) is 5.69 Å². The van der Waals surface area contributed by atoms with Gasteiger partial charge in [-0.15, -0.1) is 0 Å². The van der Waals surface area contributed by atoms with E-state index in [1.165, 1.54) is 0 Å². The van der Waals surface area contributed by atoms with Crippen LogP contribution in [-0.4, -0.2) is 9.97 Å². The van der Waals surface area contributed by atoms with Crippen molar-refractivity contribution in [1.82, 2.24) is 9.97 Å². The summed E-state index contributed by atoms with van der Waals surface area (Å²) in [5.74, 6) is 5.82. The van der Waals surface area contributed by atoms with Crippen LogP contribution in [0.25, 0.3) is 22.4 Å². The van der Waals surface area contributed by atoms with Gasteiger partial charge in [-0.25, -0.2) is 15.8 Å². The molecule has 3 N–H and O–H groups in total. The van der Waals surface area contributed by atoms with Crippen molar-refractivity contribution in [2.24, 2.45) is 5.84 Å². The third-order valence-electron chi connectivity index (χ3n) is 3.05. The van der Waals surface area contributed by atoms with Crippen molar-refractivity contribution in [3.63, 3.8) is 0 Å². The summed E-state index contributed by atoms with van der Waals surface area (Å²) in [6.07, 6.45) is 1.79. The monoisotopic (exact) mass is 262 g/mol. The minimum Gasteiger partial charge on any atom is -0.292 e. The summed E-state index contributed by atoms with van der Waals surface area (Å²) in [5.41, 5.74) is 6.45. The number of hydrogen-bond donors (Lipinski definition) is 2. The van der Waals surface area contributed by atoms with E-state index in [1.54, 1.807) is 6.20 Å². The van der Waals surface area contributed by atoms with E-state index in [0.29, 0.717) is 5.95 Å². The summed E-state index contributed by atoms with van der Waals surface area (Å²) >= 11 is 0. The fourth-order valence-electron chi connectivity index (χ4n) is 2.10. The molecule has 0 saturated heterocycles. The fraction of sp³-hybridized carbons (Fsp3) is 0. The van der Waals surface area contributed by atoms with Crippen molar-refractivity contribution in [3.05, 3.63) is 66.9 Å². The second kappa shape index (κ2) is 5.50. The normalized spacial score (nSPS) is 10.2. The van der Waals surface area contributed by atoms with E-state index in [2.05, 4.69) is 15.4 Å². The highest BCUT2D eigenvalue weighted by atomic mass is 15.3. The van der Waals surface area contributed by atoms with Gasteiger partial charge in [0.2, 0.25) is 5.95 Å². The summed E-state index contributed by atoms with van der Waals surface area (Å²) in [6.45, 7) is 0. The Kier molecular flexibility index (Phi) is 3.39. The van der Waals surface area contributed by atoms with E-state index < -0.39 is 0 Å². The summed E-state index contributed by atoms with van der Waals surface area (Å²) < 4.78 is 0. The summed E-state index contributed by atoms with van der Waals surface area (Å²) in [7, 11) is 0. The topological polar surface area (TPSA) is 63.8 Å². The molecule has 0 aliphatic rings. The van der Waals surface area contributed by atoms with Gasteiger partial charge in [0, 0.05) is 17.3 Å². The molecule has 0 atom stereocenters. The van der Waals surface area contributed by atoms with Crippen LogP contribution in [0, 0.1) is 0 Å². The largest absolute Gasteiger partial charge is 0.292 e. The zero-order valence-corrected chi connectivity index (χ0v) is 10.8. The number of benzene rings is 2. The van der Waals surface area contributed by atoms with Crippen LogP contribution in [0.3, 0.4) is 0 Å². The molecule has 3 rings (SSSR count). The van der Waals surface area contributed by atoms with Crippen molar-refractivity contribution in [3.8, 4) is 22.4 Å². The lowest BCUT2D eigenvalue weighted by atomic mass is 10.0. The lowest BCUT2D eigenvalue weighted by molar-refractivity contribution is 1.12. The van der Waals surface area contributed by atoms with Gasteiger partial charge < -0.3 is 0 Å². The molecule has 0 radical (unpaired) electrons. The lowest BCUT2D eigenvalue weighted by Crippen LogP contribution is -2.11. The highest BCUT2D eigenvalue weighted by Crippen LogP contribution is 2.30. The van der Waals surface area contributed by atoms with E-state index in [9.17, 15) is 0 Å². The quantitative estimate of drug-likeness (QED) is 0.562. The minimum absolute atomic E-state index is 0.406. The summed E-state index contributed by atoms with van der Waals surface area (Å²) in [5, 5.41) is 0. The molecule has 0 bridgehead atoms. The first-order valence-electron chi connectivity index (χ1n) is 6.33. The molecule has 0 spiro atoms. The standard InChI is InChI=1S/C16H14N4/c17-20-16-18-11-14(12-7-3-1-4-8-12)15(19-16)13-9-5-2-6-10-13/h1-11H,17H2,(H,18,19,20). The van der Waals surface area contributed by atoms with Crippen LogP contribution in [0.4, 0.5) is 5.95 Å². The Morgan fingerprint density at radius 2 is 1.40 bits per heavy atom. The van der Waals surface area contributed by atoms with Gasteiger partial charge in [-0.1, -0.05) is 60.7 Å². The number of anilines is 1. The van der Waals surface area contributed by atoms with Crippen LogP contribution in [0.1, 0.15) is 0 Å². The highest BCUT2D eigenvalue weighted by molar-refractivity contribution is 5.80.